The minimum absolute atomic E-state index is 0.0720. The summed E-state index contributed by atoms with van der Waals surface area (Å²) in [5.41, 5.74) is 2.74. The number of amides is 1. The zero-order chi connectivity index (χ0) is 21.5. The van der Waals surface area contributed by atoms with E-state index in [1.54, 1.807) is 0 Å². The van der Waals surface area contributed by atoms with Crippen molar-refractivity contribution in [2.24, 2.45) is 5.73 Å². The predicted molar refractivity (Wildman–Crippen MR) is 96.6 cm³/mol. The number of hydrogen-bond acceptors (Lipinski definition) is 5. The number of aliphatic carboxylic acids is 1. The Bertz CT molecular complexity index is 1200. The van der Waals surface area contributed by atoms with Crippen LogP contribution >= 0.6 is 0 Å². The maximum Gasteiger partial charge on any atom is 0.323 e. The molecule has 0 spiro atoms. The molecule has 0 aliphatic carbocycles. The van der Waals surface area contributed by atoms with Crippen LogP contribution in [0, 0.1) is 17.5 Å². The predicted octanol–water partition coefficient (Wildman–Crippen LogP) is 1.42. The molecule has 0 atom stereocenters. The van der Waals surface area contributed by atoms with Crippen molar-refractivity contribution in [2.75, 3.05) is 18.5 Å². The first-order valence-electron chi connectivity index (χ1n) is 8.04. The van der Waals surface area contributed by atoms with Crippen LogP contribution in [-0.4, -0.2) is 40.1 Å². The third-order valence-electron chi connectivity index (χ3n) is 4.09. The Morgan fingerprint density at radius 1 is 1.21 bits per heavy atom. The molecule has 0 aliphatic heterocycles. The summed E-state index contributed by atoms with van der Waals surface area (Å²) in [7, 11) is 1.40. The maximum absolute atomic E-state index is 14.4. The van der Waals surface area contributed by atoms with Gasteiger partial charge in [0.05, 0.1) is 5.39 Å². The van der Waals surface area contributed by atoms with Gasteiger partial charge in [-0.3, -0.25) is 19.0 Å². The van der Waals surface area contributed by atoms with Crippen molar-refractivity contribution in [1.82, 2.24) is 9.55 Å². The number of hydrogen-bond donors (Lipinski definition) is 2. The summed E-state index contributed by atoms with van der Waals surface area (Å²) in [6, 6.07) is 3.37. The standard InChI is InChI=1S/C18H13F3N4O4/c1-24(7-14(26)27)13-3-2-9-16(28)10(17(22)29)6-25(18(9)23-13)15-11(20)4-8(19)5-12(15)21/h2-6H,7H2,1H3,(H2,22,29)(H,26,27). The van der Waals surface area contributed by atoms with Crippen LogP contribution in [0.5, 0.6) is 0 Å². The van der Waals surface area contributed by atoms with E-state index in [1.807, 2.05) is 0 Å². The van der Waals surface area contributed by atoms with E-state index in [9.17, 15) is 27.6 Å². The number of nitrogens with two attached hydrogens (primary N) is 1. The van der Waals surface area contributed by atoms with Crippen LogP contribution in [0.15, 0.2) is 35.3 Å². The number of rotatable bonds is 5. The number of carboxylic acids is 1. The molecule has 150 valence electrons. The fourth-order valence-electron chi connectivity index (χ4n) is 2.80. The van der Waals surface area contributed by atoms with Gasteiger partial charge in [-0.25, -0.2) is 18.2 Å². The molecule has 2 aromatic heterocycles. The van der Waals surface area contributed by atoms with Gasteiger partial charge in [0.25, 0.3) is 5.91 Å². The molecule has 0 fully saturated rings. The minimum Gasteiger partial charge on any atom is -0.480 e. The van der Waals surface area contributed by atoms with Crippen LogP contribution in [0.4, 0.5) is 19.0 Å². The Morgan fingerprint density at radius 2 is 1.83 bits per heavy atom. The van der Waals surface area contributed by atoms with E-state index in [0.29, 0.717) is 12.1 Å². The van der Waals surface area contributed by atoms with Gasteiger partial charge in [0.2, 0.25) is 5.43 Å². The molecule has 2 heterocycles. The van der Waals surface area contributed by atoms with Crippen molar-refractivity contribution in [2.45, 2.75) is 0 Å². The van der Waals surface area contributed by atoms with Crippen molar-refractivity contribution in [1.29, 1.82) is 0 Å². The number of pyridine rings is 2. The maximum atomic E-state index is 14.4. The average Bonchev–Trinajstić information content (AvgIpc) is 2.61. The number of halogens is 3. The molecule has 3 aromatic rings. The summed E-state index contributed by atoms with van der Waals surface area (Å²) < 4.78 is 42.8. The fraction of sp³-hybridized carbons (Fsp3) is 0.111. The summed E-state index contributed by atoms with van der Waals surface area (Å²) >= 11 is 0. The smallest absolute Gasteiger partial charge is 0.323 e. The lowest BCUT2D eigenvalue weighted by atomic mass is 10.1. The third kappa shape index (κ3) is 3.61. The van der Waals surface area contributed by atoms with Crippen molar-refractivity contribution in [3.05, 3.63) is 63.7 Å². The van der Waals surface area contributed by atoms with E-state index in [-0.39, 0.29) is 16.9 Å². The lowest BCUT2D eigenvalue weighted by Gasteiger charge is -2.18. The van der Waals surface area contributed by atoms with E-state index in [0.717, 1.165) is 10.8 Å². The molecule has 0 unspecified atom stereocenters. The van der Waals surface area contributed by atoms with Crippen LogP contribution in [0.3, 0.4) is 0 Å². The average molecular weight is 406 g/mol. The van der Waals surface area contributed by atoms with Crippen LogP contribution in [0.2, 0.25) is 0 Å². The number of carbonyl (C=O) groups excluding carboxylic acids is 1. The summed E-state index contributed by atoms with van der Waals surface area (Å²) in [6.45, 7) is -0.443. The summed E-state index contributed by atoms with van der Waals surface area (Å²) in [6.07, 6.45) is 0.806. The second-order valence-corrected chi connectivity index (χ2v) is 6.11. The summed E-state index contributed by atoms with van der Waals surface area (Å²) in [4.78, 5) is 40.4. The Labute approximate surface area is 160 Å². The second-order valence-electron chi connectivity index (χ2n) is 6.11. The Kier molecular flexibility index (Phi) is 4.97. The SMILES string of the molecule is CN(CC(=O)O)c1ccc2c(=O)c(C(N)=O)cn(-c3c(F)cc(F)cc3F)c2n1. The first-order valence-corrected chi connectivity index (χ1v) is 8.04. The van der Waals surface area contributed by atoms with Crippen molar-refractivity contribution >= 4 is 28.7 Å². The Balaban J connectivity index is 2.40. The third-order valence-corrected chi connectivity index (χ3v) is 4.09. The molecule has 0 radical (unpaired) electrons. The number of primary amides is 1. The fourth-order valence-corrected chi connectivity index (χ4v) is 2.80. The number of aromatic nitrogens is 2. The molecule has 1 aromatic carbocycles. The zero-order valence-corrected chi connectivity index (χ0v) is 14.8. The molecule has 3 N–H and O–H groups in total. The van der Waals surface area contributed by atoms with E-state index in [2.05, 4.69) is 4.98 Å². The van der Waals surface area contributed by atoms with Gasteiger partial charge < -0.3 is 15.7 Å². The molecule has 0 saturated carbocycles. The number of likely N-dealkylation sites (N-methyl/N-ethyl adjacent to an activating group) is 1. The van der Waals surface area contributed by atoms with Crippen molar-refractivity contribution in [3.63, 3.8) is 0 Å². The summed E-state index contributed by atoms with van der Waals surface area (Å²) in [5, 5.41) is 8.72. The van der Waals surface area contributed by atoms with Gasteiger partial charge in [-0.1, -0.05) is 0 Å². The van der Waals surface area contributed by atoms with Crippen LogP contribution in [-0.2, 0) is 4.79 Å². The van der Waals surface area contributed by atoms with Gasteiger partial charge in [-0.2, -0.15) is 0 Å². The van der Waals surface area contributed by atoms with Gasteiger partial charge in [-0.15, -0.1) is 0 Å². The minimum atomic E-state index is -1.31. The molecule has 0 aliphatic rings. The number of fused-ring (bicyclic) bond motifs is 1. The van der Waals surface area contributed by atoms with E-state index in [1.165, 1.54) is 24.1 Å². The van der Waals surface area contributed by atoms with E-state index in [4.69, 9.17) is 10.8 Å². The molecule has 11 heteroatoms. The second kappa shape index (κ2) is 7.26. The highest BCUT2D eigenvalue weighted by atomic mass is 19.1. The van der Waals surface area contributed by atoms with Crippen molar-refractivity contribution < 1.29 is 27.9 Å². The molecule has 3 rings (SSSR count). The highest BCUT2D eigenvalue weighted by Gasteiger charge is 2.21. The zero-order valence-electron chi connectivity index (χ0n) is 14.8. The Hall–Kier alpha value is -3.89. The van der Waals surface area contributed by atoms with E-state index >= 15 is 0 Å². The van der Waals surface area contributed by atoms with Crippen LogP contribution in [0.1, 0.15) is 10.4 Å². The number of carboxylic acid groups (broad SMARTS) is 1. The van der Waals surface area contributed by atoms with Crippen LogP contribution in [0.25, 0.3) is 16.7 Å². The molecular formula is C18H13F3N4O4. The molecule has 8 nitrogen and oxygen atoms in total. The molecule has 1 amide bonds. The van der Waals surface area contributed by atoms with Gasteiger partial charge in [-0.05, 0) is 12.1 Å². The lowest BCUT2D eigenvalue weighted by molar-refractivity contribution is -0.135. The van der Waals surface area contributed by atoms with Gasteiger partial charge >= 0.3 is 5.97 Å². The topological polar surface area (TPSA) is 119 Å². The normalized spacial score (nSPS) is 10.9. The Morgan fingerprint density at radius 3 is 2.38 bits per heavy atom. The highest BCUT2D eigenvalue weighted by molar-refractivity contribution is 5.96. The quantitative estimate of drug-likeness (QED) is 0.662. The van der Waals surface area contributed by atoms with Crippen molar-refractivity contribution in [3.8, 4) is 5.69 Å². The molecule has 0 bridgehead atoms. The first kappa shape index (κ1) is 19.9. The van der Waals surface area contributed by atoms with Gasteiger partial charge in [0.15, 0.2) is 17.3 Å². The monoisotopic (exact) mass is 406 g/mol. The number of anilines is 1. The molecule has 29 heavy (non-hydrogen) atoms. The van der Waals surface area contributed by atoms with Crippen LogP contribution < -0.4 is 16.1 Å². The number of carbonyl (C=O) groups is 2. The number of benzene rings is 1. The largest absolute Gasteiger partial charge is 0.480 e. The highest BCUT2D eigenvalue weighted by Crippen LogP contribution is 2.24. The summed E-state index contributed by atoms with van der Waals surface area (Å²) in [5.74, 6) is -6.02. The lowest BCUT2D eigenvalue weighted by Crippen LogP contribution is -2.27. The number of nitrogens with zero attached hydrogens (tertiary/aromatic N) is 3. The van der Waals surface area contributed by atoms with Gasteiger partial charge in [0.1, 0.15) is 29.4 Å². The van der Waals surface area contributed by atoms with E-state index < -0.39 is 52.6 Å². The first-order chi connectivity index (χ1) is 13.6. The molecule has 0 saturated heterocycles. The molecular weight excluding hydrogens is 393 g/mol. The van der Waals surface area contributed by atoms with Gasteiger partial charge in [0, 0.05) is 25.4 Å².